The first-order chi connectivity index (χ1) is 14.4. The van der Waals surface area contributed by atoms with Crippen LogP contribution in [0.2, 0.25) is 0 Å². The van der Waals surface area contributed by atoms with Crippen LogP contribution in [0.15, 0.2) is 25.3 Å². The predicted octanol–water partition coefficient (Wildman–Crippen LogP) is 1.89. The van der Waals surface area contributed by atoms with E-state index in [2.05, 4.69) is 13.2 Å². The highest BCUT2D eigenvalue weighted by molar-refractivity contribution is 7.52. The van der Waals surface area contributed by atoms with Crippen molar-refractivity contribution in [2.45, 2.75) is 50.7 Å². The highest BCUT2D eigenvalue weighted by Crippen LogP contribution is 2.36. The third-order valence-corrected chi connectivity index (χ3v) is 5.79. The Morgan fingerprint density at radius 3 is 1.45 bits per heavy atom. The summed E-state index contributed by atoms with van der Waals surface area (Å²) in [4.78, 5) is 58.5. The Labute approximate surface area is 181 Å². The van der Waals surface area contributed by atoms with E-state index in [0.717, 1.165) is 12.2 Å². The number of hydrogen-bond acceptors (Lipinski definition) is 7. The van der Waals surface area contributed by atoms with Crippen molar-refractivity contribution in [2.24, 2.45) is 0 Å². The molecule has 0 fully saturated rings. The van der Waals surface area contributed by atoms with E-state index in [1.54, 1.807) is 0 Å². The van der Waals surface area contributed by atoms with Crippen molar-refractivity contribution >= 4 is 27.1 Å². The molecule has 0 aliphatic rings. The number of rotatable bonds is 18. The van der Waals surface area contributed by atoms with Crippen molar-refractivity contribution in [3.05, 3.63) is 25.3 Å². The van der Waals surface area contributed by atoms with Gasteiger partial charge in [-0.25, -0.2) is 9.59 Å². The third kappa shape index (κ3) is 19.1. The molecule has 0 saturated carbocycles. The van der Waals surface area contributed by atoms with Crippen LogP contribution in [0, 0.1) is 0 Å². The standard InChI is InChI=1S/C18H32O11P2/c1-3-17(19)27-13-16(14-28-18(20)4-2)29-15(9-5-7-11-30(21,22)23)10-6-8-12-31(24,25)26/h3-4,15-16H,1-2,5-14H2,(H2,21,22,23)(H2,24,25,26). The molecular formula is C18H32O11P2. The number of hydrogen-bond donors (Lipinski definition) is 4. The molecule has 0 spiro atoms. The summed E-state index contributed by atoms with van der Waals surface area (Å²) < 4.78 is 37.8. The molecule has 0 bridgehead atoms. The monoisotopic (exact) mass is 486 g/mol. The van der Waals surface area contributed by atoms with Gasteiger partial charge in [0.25, 0.3) is 0 Å². The highest BCUT2D eigenvalue weighted by Gasteiger charge is 2.21. The van der Waals surface area contributed by atoms with Crippen molar-refractivity contribution in [2.75, 3.05) is 25.5 Å². The minimum atomic E-state index is -4.11. The molecule has 11 nitrogen and oxygen atoms in total. The minimum Gasteiger partial charge on any atom is -0.460 e. The number of carbonyl (C=O) groups excluding carboxylic acids is 2. The van der Waals surface area contributed by atoms with Crippen LogP contribution in [-0.4, -0.2) is 69.3 Å². The molecule has 4 N–H and O–H groups in total. The van der Waals surface area contributed by atoms with Gasteiger partial charge in [0.2, 0.25) is 0 Å². The van der Waals surface area contributed by atoms with Crippen LogP contribution in [-0.2, 0) is 32.9 Å². The van der Waals surface area contributed by atoms with Gasteiger partial charge in [-0.3, -0.25) is 9.13 Å². The average Bonchev–Trinajstić information content (AvgIpc) is 2.67. The molecule has 31 heavy (non-hydrogen) atoms. The van der Waals surface area contributed by atoms with Crippen molar-refractivity contribution in [3.8, 4) is 0 Å². The first-order valence-corrected chi connectivity index (χ1v) is 13.3. The molecule has 0 amide bonds. The van der Waals surface area contributed by atoms with E-state index >= 15 is 0 Å². The highest BCUT2D eigenvalue weighted by atomic mass is 31.2. The molecule has 0 saturated heterocycles. The summed E-state index contributed by atoms with van der Waals surface area (Å²) in [5.74, 6) is -1.38. The fourth-order valence-electron chi connectivity index (χ4n) is 2.53. The maximum atomic E-state index is 11.3. The fraction of sp³-hybridized carbons (Fsp3) is 0.667. The van der Waals surface area contributed by atoms with Crippen molar-refractivity contribution < 1.29 is 52.5 Å². The first-order valence-electron chi connectivity index (χ1n) is 9.69. The summed E-state index contributed by atoms with van der Waals surface area (Å²) in [5, 5.41) is 0. The summed E-state index contributed by atoms with van der Waals surface area (Å²) in [6, 6.07) is 0. The Balaban J connectivity index is 4.95. The molecule has 180 valence electrons. The lowest BCUT2D eigenvalue weighted by Gasteiger charge is -2.25. The molecule has 0 aliphatic carbocycles. The molecule has 0 heterocycles. The van der Waals surface area contributed by atoms with Gasteiger partial charge >= 0.3 is 27.1 Å². The van der Waals surface area contributed by atoms with Crippen LogP contribution in [0.1, 0.15) is 38.5 Å². The van der Waals surface area contributed by atoms with Gasteiger partial charge in [-0.05, 0) is 25.7 Å². The summed E-state index contributed by atoms with van der Waals surface area (Å²) in [7, 11) is -8.22. The van der Waals surface area contributed by atoms with Gasteiger partial charge in [-0.1, -0.05) is 26.0 Å². The van der Waals surface area contributed by atoms with Gasteiger partial charge in [0, 0.05) is 24.5 Å². The fourth-order valence-corrected chi connectivity index (χ4v) is 3.80. The SMILES string of the molecule is C=CC(=O)OCC(COC(=O)C=C)OC(CCCCP(=O)(O)O)CCCCP(=O)(O)O. The quantitative estimate of drug-likeness (QED) is 0.0963. The smallest absolute Gasteiger partial charge is 0.330 e. The topological polar surface area (TPSA) is 177 Å². The molecular weight excluding hydrogens is 454 g/mol. The molecule has 13 heteroatoms. The number of ether oxygens (including phenoxy) is 3. The van der Waals surface area contributed by atoms with Gasteiger partial charge in [-0.2, -0.15) is 0 Å². The van der Waals surface area contributed by atoms with Gasteiger partial charge in [0.05, 0.1) is 6.10 Å². The zero-order chi connectivity index (χ0) is 23.9. The lowest BCUT2D eigenvalue weighted by molar-refractivity contribution is -0.153. The Bertz CT molecular complexity index is 613. The van der Waals surface area contributed by atoms with Crippen LogP contribution in [0.4, 0.5) is 0 Å². The van der Waals surface area contributed by atoms with E-state index in [1.165, 1.54) is 0 Å². The lowest BCUT2D eigenvalue weighted by Crippen LogP contribution is -2.32. The molecule has 0 aromatic heterocycles. The van der Waals surface area contributed by atoms with Gasteiger partial charge < -0.3 is 33.8 Å². The van der Waals surface area contributed by atoms with Crippen LogP contribution < -0.4 is 0 Å². The van der Waals surface area contributed by atoms with E-state index in [1.807, 2.05) is 0 Å². The van der Waals surface area contributed by atoms with Gasteiger partial charge in [0.15, 0.2) is 0 Å². The third-order valence-electron chi connectivity index (χ3n) is 3.99. The largest absolute Gasteiger partial charge is 0.460 e. The molecule has 0 aliphatic heterocycles. The molecule has 0 unspecified atom stereocenters. The second kappa shape index (κ2) is 15.5. The predicted molar refractivity (Wildman–Crippen MR) is 112 cm³/mol. The van der Waals surface area contributed by atoms with E-state index in [9.17, 15) is 18.7 Å². The normalized spacial score (nSPS) is 12.1. The van der Waals surface area contributed by atoms with Crippen molar-refractivity contribution in [1.29, 1.82) is 0 Å². The molecule has 0 rings (SSSR count). The first kappa shape index (κ1) is 29.7. The molecule has 0 aromatic carbocycles. The van der Waals surface area contributed by atoms with Gasteiger partial charge in [-0.15, -0.1) is 0 Å². The van der Waals surface area contributed by atoms with E-state index in [-0.39, 0.29) is 38.4 Å². The van der Waals surface area contributed by atoms with Crippen LogP contribution in [0.25, 0.3) is 0 Å². The average molecular weight is 486 g/mol. The Morgan fingerprint density at radius 1 is 0.742 bits per heavy atom. The summed E-state index contributed by atoms with van der Waals surface area (Å²) in [5.41, 5.74) is 0. The van der Waals surface area contributed by atoms with Crippen LogP contribution in [0.3, 0.4) is 0 Å². The van der Waals surface area contributed by atoms with Crippen LogP contribution >= 0.6 is 15.2 Å². The molecule has 0 atom stereocenters. The minimum absolute atomic E-state index is 0.225. The van der Waals surface area contributed by atoms with E-state index < -0.39 is 39.3 Å². The Hall–Kier alpha value is -1.32. The van der Waals surface area contributed by atoms with E-state index in [4.69, 9.17) is 33.8 Å². The van der Waals surface area contributed by atoms with E-state index in [0.29, 0.717) is 25.7 Å². The second-order valence-electron chi connectivity index (χ2n) is 6.82. The van der Waals surface area contributed by atoms with Crippen molar-refractivity contribution in [3.63, 3.8) is 0 Å². The Kier molecular flexibility index (Phi) is 14.8. The number of unbranched alkanes of at least 4 members (excludes halogenated alkanes) is 2. The summed E-state index contributed by atoms with van der Waals surface area (Å²) >= 11 is 0. The maximum Gasteiger partial charge on any atom is 0.330 e. The lowest BCUT2D eigenvalue weighted by atomic mass is 10.1. The number of carbonyl (C=O) groups is 2. The van der Waals surface area contributed by atoms with Crippen LogP contribution in [0.5, 0.6) is 0 Å². The molecule has 0 radical (unpaired) electrons. The maximum absolute atomic E-state index is 11.3. The zero-order valence-corrected chi connectivity index (χ0v) is 19.1. The zero-order valence-electron chi connectivity index (χ0n) is 17.3. The summed E-state index contributed by atoms with van der Waals surface area (Å²) in [6.07, 6.45) is 2.29. The second-order valence-corrected chi connectivity index (χ2v) is 10.4. The number of esters is 2. The Morgan fingerprint density at radius 2 is 1.13 bits per heavy atom. The molecule has 0 aromatic rings. The van der Waals surface area contributed by atoms with Gasteiger partial charge in [0.1, 0.15) is 19.3 Å². The van der Waals surface area contributed by atoms with Crippen molar-refractivity contribution in [1.82, 2.24) is 0 Å². The summed E-state index contributed by atoms with van der Waals surface area (Å²) in [6.45, 7) is 6.12.